The zero-order valence-corrected chi connectivity index (χ0v) is 15.7. The third-order valence-corrected chi connectivity index (χ3v) is 5.32. The van der Waals surface area contributed by atoms with Gasteiger partial charge in [0.1, 0.15) is 6.54 Å². The van der Waals surface area contributed by atoms with Crippen molar-refractivity contribution in [2.24, 2.45) is 4.99 Å². The Labute approximate surface area is 162 Å². The predicted molar refractivity (Wildman–Crippen MR) is 106 cm³/mol. The number of benzene rings is 2. The van der Waals surface area contributed by atoms with Crippen molar-refractivity contribution < 1.29 is 9.21 Å². The lowest BCUT2D eigenvalue weighted by Gasteiger charge is -2.01. The molecule has 0 bridgehead atoms. The van der Waals surface area contributed by atoms with Gasteiger partial charge >= 0.3 is 5.76 Å². The number of nitrogens with zero attached hydrogens (tertiary/aromatic N) is 3. The van der Waals surface area contributed by atoms with E-state index >= 15 is 0 Å². The van der Waals surface area contributed by atoms with Crippen molar-refractivity contribution in [3.05, 3.63) is 75.5 Å². The van der Waals surface area contributed by atoms with Crippen LogP contribution in [0, 0.1) is 0 Å². The number of oxazole rings is 1. The van der Waals surface area contributed by atoms with Gasteiger partial charge in [-0.1, -0.05) is 41.1 Å². The largest absolute Gasteiger partial charge is 0.420 e. The van der Waals surface area contributed by atoms with Gasteiger partial charge in [-0.2, -0.15) is 4.99 Å². The highest BCUT2D eigenvalue weighted by Gasteiger charge is 2.13. The SMILES string of the molecule is C=CCn1c(=NC(=O)Cn2c(=O)oc3ccccc32)sc2cc(Cl)ccc21. The lowest BCUT2D eigenvalue weighted by molar-refractivity contribution is -0.118. The van der Waals surface area contributed by atoms with E-state index in [0.29, 0.717) is 27.5 Å². The van der Waals surface area contributed by atoms with Gasteiger partial charge in [-0.25, -0.2) is 4.79 Å². The maximum Gasteiger partial charge on any atom is 0.420 e. The lowest BCUT2D eigenvalue weighted by atomic mass is 10.3. The van der Waals surface area contributed by atoms with Gasteiger partial charge in [0.05, 0.1) is 15.7 Å². The van der Waals surface area contributed by atoms with E-state index in [1.165, 1.54) is 15.9 Å². The van der Waals surface area contributed by atoms with Crippen molar-refractivity contribution in [2.75, 3.05) is 0 Å². The maximum absolute atomic E-state index is 12.5. The highest BCUT2D eigenvalue weighted by Crippen LogP contribution is 2.22. The Balaban J connectivity index is 1.77. The number of aromatic nitrogens is 2. The first-order valence-corrected chi connectivity index (χ1v) is 9.32. The van der Waals surface area contributed by atoms with Gasteiger partial charge in [0.15, 0.2) is 10.4 Å². The first-order valence-electron chi connectivity index (χ1n) is 8.12. The zero-order valence-electron chi connectivity index (χ0n) is 14.1. The van der Waals surface area contributed by atoms with Crippen molar-refractivity contribution in [2.45, 2.75) is 13.1 Å². The minimum atomic E-state index is -0.582. The van der Waals surface area contributed by atoms with E-state index in [4.69, 9.17) is 16.0 Å². The van der Waals surface area contributed by atoms with Gasteiger partial charge in [-0.05, 0) is 30.3 Å². The second kappa shape index (κ2) is 7.02. The van der Waals surface area contributed by atoms with Crippen molar-refractivity contribution in [3.8, 4) is 0 Å². The fourth-order valence-corrected chi connectivity index (χ4v) is 4.21. The van der Waals surface area contributed by atoms with Crippen molar-refractivity contribution in [1.29, 1.82) is 0 Å². The molecule has 27 heavy (non-hydrogen) atoms. The Kier molecular flexibility index (Phi) is 4.55. The summed E-state index contributed by atoms with van der Waals surface area (Å²) in [6.07, 6.45) is 1.73. The van der Waals surface area contributed by atoms with Crippen LogP contribution in [0.3, 0.4) is 0 Å². The fourth-order valence-electron chi connectivity index (χ4n) is 2.88. The molecule has 0 saturated heterocycles. The molecule has 0 aliphatic carbocycles. The van der Waals surface area contributed by atoms with E-state index in [9.17, 15) is 9.59 Å². The molecule has 0 unspecified atom stereocenters. The summed E-state index contributed by atoms with van der Waals surface area (Å²) in [6.45, 7) is 4.07. The van der Waals surface area contributed by atoms with Gasteiger partial charge in [0.25, 0.3) is 5.91 Å². The quantitative estimate of drug-likeness (QED) is 0.492. The molecule has 6 nitrogen and oxygen atoms in total. The summed E-state index contributed by atoms with van der Waals surface area (Å²) in [5.74, 6) is -1.03. The third kappa shape index (κ3) is 3.27. The van der Waals surface area contributed by atoms with Crippen LogP contribution in [0.15, 0.2) is 69.3 Å². The number of rotatable bonds is 4. The Bertz CT molecular complexity index is 1310. The van der Waals surface area contributed by atoms with E-state index < -0.39 is 11.7 Å². The molecule has 0 atom stereocenters. The van der Waals surface area contributed by atoms with E-state index in [1.807, 2.05) is 16.7 Å². The number of halogens is 1. The first-order chi connectivity index (χ1) is 13.1. The Morgan fingerprint density at radius 3 is 2.85 bits per heavy atom. The summed E-state index contributed by atoms with van der Waals surface area (Å²) < 4.78 is 9.24. The first kappa shape index (κ1) is 17.5. The molecule has 4 aromatic rings. The Morgan fingerprint density at radius 2 is 2.04 bits per heavy atom. The summed E-state index contributed by atoms with van der Waals surface area (Å²) in [6, 6.07) is 12.5. The van der Waals surface area contributed by atoms with Crippen LogP contribution in [0.25, 0.3) is 21.3 Å². The average molecular weight is 400 g/mol. The molecule has 0 spiro atoms. The van der Waals surface area contributed by atoms with Crippen LogP contribution >= 0.6 is 22.9 Å². The number of carbonyl (C=O) groups is 1. The van der Waals surface area contributed by atoms with E-state index in [2.05, 4.69) is 11.6 Å². The van der Waals surface area contributed by atoms with Gasteiger partial charge in [-0.3, -0.25) is 9.36 Å². The predicted octanol–water partition coefficient (Wildman–Crippen LogP) is 3.58. The standard InChI is InChI=1S/C19H14ClN3O3S/c1-2-9-22-14-8-7-12(20)10-16(14)27-18(22)21-17(24)11-23-13-5-3-4-6-15(13)26-19(23)25/h2-8,10H,1,9,11H2. The topological polar surface area (TPSA) is 69.5 Å². The number of hydrogen-bond acceptors (Lipinski definition) is 4. The van der Waals surface area contributed by atoms with Crippen molar-refractivity contribution in [3.63, 3.8) is 0 Å². The van der Waals surface area contributed by atoms with Crippen LogP contribution in [0.2, 0.25) is 5.02 Å². The van der Waals surface area contributed by atoms with Crippen molar-refractivity contribution in [1.82, 2.24) is 9.13 Å². The molecule has 0 saturated carbocycles. The molecule has 8 heteroatoms. The van der Waals surface area contributed by atoms with E-state index in [-0.39, 0.29) is 6.54 Å². The van der Waals surface area contributed by atoms with Crippen LogP contribution in [-0.4, -0.2) is 15.0 Å². The summed E-state index contributed by atoms with van der Waals surface area (Å²) in [4.78, 5) is 29.3. The highest BCUT2D eigenvalue weighted by atomic mass is 35.5. The molecule has 0 fully saturated rings. The van der Waals surface area contributed by atoms with Crippen molar-refractivity contribution >= 4 is 50.2 Å². The van der Waals surface area contributed by atoms with Crippen LogP contribution in [0.1, 0.15) is 0 Å². The maximum atomic E-state index is 12.5. The second-order valence-corrected chi connectivity index (χ2v) is 7.27. The Hall–Kier alpha value is -2.90. The molecule has 0 aliphatic heterocycles. The molecule has 0 radical (unpaired) electrons. The minimum Gasteiger partial charge on any atom is -0.408 e. The summed E-state index contributed by atoms with van der Waals surface area (Å²) >= 11 is 7.42. The summed E-state index contributed by atoms with van der Waals surface area (Å²) in [5.41, 5.74) is 1.92. The lowest BCUT2D eigenvalue weighted by Crippen LogP contribution is -2.22. The molecule has 136 valence electrons. The third-order valence-electron chi connectivity index (χ3n) is 4.04. The van der Waals surface area contributed by atoms with Gasteiger partial charge < -0.3 is 8.98 Å². The molecule has 2 aromatic heterocycles. The summed E-state index contributed by atoms with van der Waals surface area (Å²) in [7, 11) is 0. The zero-order chi connectivity index (χ0) is 19.0. The number of hydrogen-bond donors (Lipinski definition) is 0. The van der Waals surface area contributed by atoms with Crippen LogP contribution in [0.4, 0.5) is 0 Å². The van der Waals surface area contributed by atoms with Gasteiger partial charge in [-0.15, -0.1) is 6.58 Å². The highest BCUT2D eigenvalue weighted by molar-refractivity contribution is 7.16. The van der Waals surface area contributed by atoms with Crippen LogP contribution < -0.4 is 10.6 Å². The number of amides is 1. The molecule has 2 aromatic carbocycles. The Morgan fingerprint density at radius 1 is 1.22 bits per heavy atom. The fraction of sp³-hybridized carbons (Fsp3) is 0.105. The molecule has 4 rings (SSSR count). The molecule has 0 N–H and O–H groups in total. The molecule has 1 amide bonds. The minimum absolute atomic E-state index is 0.195. The van der Waals surface area contributed by atoms with E-state index in [1.54, 1.807) is 36.4 Å². The van der Waals surface area contributed by atoms with Crippen LogP contribution in [-0.2, 0) is 17.9 Å². The number of carbonyl (C=O) groups excluding carboxylic acids is 1. The number of fused-ring (bicyclic) bond motifs is 2. The second-order valence-electron chi connectivity index (χ2n) is 5.82. The smallest absolute Gasteiger partial charge is 0.408 e. The van der Waals surface area contributed by atoms with Gasteiger partial charge in [0.2, 0.25) is 0 Å². The molecular weight excluding hydrogens is 386 g/mol. The van der Waals surface area contributed by atoms with Crippen LogP contribution in [0.5, 0.6) is 0 Å². The van der Waals surface area contributed by atoms with E-state index in [0.717, 1.165) is 10.2 Å². The normalized spacial score (nSPS) is 12.1. The molecule has 0 aliphatic rings. The summed E-state index contributed by atoms with van der Waals surface area (Å²) in [5, 5.41) is 0.615. The number of thiazole rings is 1. The van der Waals surface area contributed by atoms with Gasteiger partial charge in [0, 0.05) is 11.6 Å². The molecule has 2 heterocycles. The average Bonchev–Trinajstić information content (AvgIpc) is 3.13. The number of allylic oxidation sites excluding steroid dienone is 1. The molecular formula is C19H14ClN3O3S. The number of para-hydroxylation sites is 2. The monoisotopic (exact) mass is 399 g/mol.